The molecule has 18 heteroatoms. The van der Waals surface area contributed by atoms with Crippen LogP contribution in [0.5, 0.6) is 5.75 Å². The Bertz CT molecular complexity index is 1740. The second-order valence-corrected chi connectivity index (χ2v) is 17.3. The SMILES string of the molecule is COC1C(C(=O)O)OC(OC2C(O)C(COC(=O)CCCC(=O)CCC(=O)O[C@H]3[C@H](O)C[C@H]4[C@@H]5CCc6cc(O)ccc6[C@H]5CC[C@@]43C)OC(C)C2NC(C)=O)C(O)C1O. The van der Waals surface area contributed by atoms with E-state index in [-0.39, 0.29) is 49.6 Å². The summed E-state index contributed by atoms with van der Waals surface area (Å²) in [6, 6.07) is 4.54. The van der Waals surface area contributed by atoms with Crippen LogP contribution in [-0.2, 0) is 58.8 Å². The van der Waals surface area contributed by atoms with E-state index in [4.69, 9.17) is 28.4 Å². The molecule has 60 heavy (non-hydrogen) atoms. The van der Waals surface area contributed by atoms with Gasteiger partial charge in [-0.05, 0) is 86.5 Å². The molecule has 1 aromatic carbocycles. The van der Waals surface area contributed by atoms with Crippen molar-refractivity contribution >= 4 is 29.6 Å². The molecule has 2 aliphatic heterocycles. The van der Waals surface area contributed by atoms with Crippen molar-refractivity contribution in [1.82, 2.24) is 5.32 Å². The summed E-state index contributed by atoms with van der Waals surface area (Å²) in [4.78, 5) is 62.3. The monoisotopic (exact) mass is 849 g/mol. The topological polar surface area (TPSA) is 274 Å². The zero-order valence-corrected chi connectivity index (χ0v) is 34.3. The number of amides is 1. The van der Waals surface area contributed by atoms with Gasteiger partial charge in [-0.1, -0.05) is 13.0 Å². The molecule has 10 unspecified atom stereocenters. The van der Waals surface area contributed by atoms with E-state index in [9.17, 15) is 54.6 Å². The Kier molecular flexibility index (Phi) is 14.6. The molecular formula is C42H59NO17. The van der Waals surface area contributed by atoms with E-state index in [0.717, 1.165) is 32.8 Å². The first-order chi connectivity index (χ1) is 28.4. The summed E-state index contributed by atoms with van der Waals surface area (Å²) in [6.45, 7) is 4.39. The van der Waals surface area contributed by atoms with Gasteiger partial charge in [0, 0.05) is 38.7 Å². The Morgan fingerprint density at radius 3 is 2.38 bits per heavy atom. The number of rotatable bonds is 15. The number of carbonyl (C=O) groups is 5. The zero-order valence-electron chi connectivity index (χ0n) is 34.3. The van der Waals surface area contributed by atoms with Gasteiger partial charge in [0.05, 0.1) is 24.7 Å². The van der Waals surface area contributed by atoms with Crippen LogP contribution < -0.4 is 5.32 Å². The lowest BCUT2D eigenvalue weighted by Crippen LogP contribution is -2.67. The van der Waals surface area contributed by atoms with Crippen molar-refractivity contribution in [2.75, 3.05) is 13.7 Å². The lowest BCUT2D eigenvalue weighted by atomic mass is 9.55. The first kappa shape index (κ1) is 45.8. The molecule has 7 N–H and O–H groups in total. The van der Waals surface area contributed by atoms with Crippen LogP contribution in [0.25, 0.3) is 0 Å². The number of hydrogen-bond acceptors (Lipinski definition) is 16. The third-order valence-electron chi connectivity index (χ3n) is 13.4. The number of carboxylic acid groups (broad SMARTS) is 1. The number of nitrogens with one attached hydrogen (secondary N) is 1. The Morgan fingerprint density at radius 2 is 1.68 bits per heavy atom. The van der Waals surface area contributed by atoms with Crippen LogP contribution in [0.15, 0.2) is 18.2 Å². The van der Waals surface area contributed by atoms with Gasteiger partial charge in [-0.2, -0.15) is 0 Å². The van der Waals surface area contributed by atoms with Crippen LogP contribution in [0.3, 0.4) is 0 Å². The molecule has 3 aliphatic carbocycles. The Morgan fingerprint density at radius 1 is 0.933 bits per heavy atom. The summed E-state index contributed by atoms with van der Waals surface area (Å²) >= 11 is 0. The molecular weight excluding hydrogens is 790 g/mol. The number of ether oxygens (including phenoxy) is 6. The lowest BCUT2D eigenvalue weighted by molar-refractivity contribution is -0.327. The highest BCUT2D eigenvalue weighted by Crippen LogP contribution is 2.61. The number of aromatic hydroxyl groups is 1. The highest BCUT2D eigenvalue weighted by molar-refractivity contribution is 5.83. The summed E-state index contributed by atoms with van der Waals surface area (Å²) in [5.41, 5.74) is 2.03. The van der Waals surface area contributed by atoms with Gasteiger partial charge in [-0.25, -0.2) is 4.79 Å². The molecule has 2 saturated heterocycles. The number of ketones is 1. The van der Waals surface area contributed by atoms with Crippen molar-refractivity contribution < 1.29 is 83.0 Å². The number of esters is 2. The van der Waals surface area contributed by atoms with Crippen LogP contribution in [0.2, 0.25) is 0 Å². The van der Waals surface area contributed by atoms with Crippen molar-refractivity contribution in [2.45, 2.75) is 164 Å². The van der Waals surface area contributed by atoms with Crippen molar-refractivity contribution in [3.8, 4) is 5.75 Å². The lowest BCUT2D eigenvalue weighted by Gasteiger charge is -2.50. The number of aliphatic hydroxyl groups is 4. The average molecular weight is 850 g/mol. The molecule has 2 saturated carbocycles. The molecule has 6 rings (SSSR count). The van der Waals surface area contributed by atoms with Crippen LogP contribution >= 0.6 is 0 Å². The fourth-order valence-corrected chi connectivity index (χ4v) is 10.4. The summed E-state index contributed by atoms with van der Waals surface area (Å²) < 4.78 is 33.3. The minimum Gasteiger partial charge on any atom is -0.508 e. The Balaban J connectivity index is 0.942. The van der Waals surface area contributed by atoms with Crippen LogP contribution in [-0.4, -0.2) is 147 Å². The van der Waals surface area contributed by atoms with Gasteiger partial charge in [-0.15, -0.1) is 0 Å². The van der Waals surface area contributed by atoms with Crippen LogP contribution in [0.4, 0.5) is 0 Å². The summed E-state index contributed by atoms with van der Waals surface area (Å²) in [6.07, 6.45) is -11.4. The average Bonchev–Trinajstić information content (AvgIpc) is 3.45. The molecule has 4 fully saturated rings. The van der Waals surface area contributed by atoms with E-state index in [1.807, 2.05) is 12.1 Å². The maximum Gasteiger partial charge on any atom is 0.335 e. The molecule has 5 aliphatic rings. The van der Waals surface area contributed by atoms with Crippen molar-refractivity contribution in [3.63, 3.8) is 0 Å². The van der Waals surface area contributed by atoms with E-state index in [0.29, 0.717) is 18.3 Å². The molecule has 1 aromatic rings. The van der Waals surface area contributed by atoms with Gasteiger partial charge in [0.2, 0.25) is 5.91 Å². The van der Waals surface area contributed by atoms with E-state index in [1.54, 1.807) is 13.0 Å². The summed E-state index contributed by atoms with van der Waals surface area (Å²) in [5.74, 6) is -2.47. The molecule has 1 amide bonds. The van der Waals surface area contributed by atoms with Crippen molar-refractivity contribution in [1.29, 1.82) is 0 Å². The number of methoxy groups -OCH3 is 1. The number of aliphatic hydroxyl groups excluding tert-OH is 4. The number of phenols is 1. The fraction of sp³-hybridized carbons (Fsp3) is 0.738. The van der Waals surface area contributed by atoms with Crippen LogP contribution in [0.1, 0.15) is 95.6 Å². The van der Waals surface area contributed by atoms with Gasteiger partial charge in [0.1, 0.15) is 60.9 Å². The highest BCUT2D eigenvalue weighted by Gasteiger charge is 2.60. The van der Waals surface area contributed by atoms with Crippen molar-refractivity contribution in [2.24, 2.45) is 17.3 Å². The highest BCUT2D eigenvalue weighted by atomic mass is 16.7. The van der Waals surface area contributed by atoms with E-state index >= 15 is 0 Å². The molecule has 18 nitrogen and oxygen atoms in total. The van der Waals surface area contributed by atoms with E-state index < -0.39 is 109 Å². The van der Waals surface area contributed by atoms with E-state index in [2.05, 4.69) is 12.2 Å². The van der Waals surface area contributed by atoms with Gasteiger partial charge < -0.3 is 64.4 Å². The van der Waals surface area contributed by atoms with Crippen molar-refractivity contribution in [3.05, 3.63) is 29.3 Å². The van der Waals surface area contributed by atoms with Crippen LogP contribution in [0, 0.1) is 17.3 Å². The third kappa shape index (κ3) is 9.65. The predicted molar refractivity (Wildman–Crippen MR) is 205 cm³/mol. The number of aryl methyl sites for hydroxylation is 1. The number of fused-ring (bicyclic) bond motifs is 5. The largest absolute Gasteiger partial charge is 0.508 e. The van der Waals surface area contributed by atoms with Gasteiger partial charge in [0.25, 0.3) is 0 Å². The number of aliphatic carboxylic acids is 1. The summed E-state index contributed by atoms with van der Waals surface area (Å²) in [7, 11) is 1.13. The maximum atomic E-state index is 13.0. The molecule has 0 radical (unpaired) electrons. The van der Waals surface area contributed by atoms with Gasteiger partial charge in [-0.3, -0.25) is 19.2 Å². The molecule has 0 bridgehead atoms. The van der Waals surface area contributed by atoms with Gasteiger partial charge >= 0.3 is 17.9 Å². The first-order valence-corrected chi connectivity index (χ1v) is 20.8. The smallest absolute Gasteiger partial charge is 0.335 e. The normalized spacial score (nSPS) is 38.4. The number of carbonyl (C=O) groups excluding carboxylic acids is 4. The fourth-order valence-electron chi connectivity index (χ4n) is 10.4. The number of Topliss-reactive ketones (excluding diaryl/α,β-unsaturated/α-hetero) is 1. The minimum absolute atomic E-state index is 0.0126. The molecule has 16 atom stereocenters. The summed E-state index contributed by atoms with van der Waals surface area (Å²) in [5, 5.41) is 65.8. The number of benzene rings is 1. The second-order valence-electron chi connectivity index (χ2n) is 17.3. The maximum absolute atomic E-state index is 13.0. The quantitative estimate of drug-likeness (QED) is 0.120. The molecule has 0 spiro atoms. The second kappa shape index (κ2) is 19.1. The zero-order chi connectivity index (χ0) is 43.6. The van der Waals surface area contributed by atoms with Gasteiger partial charge in [0.15, 0.2) is 12.4 Å². The standard InChI is InChI=1S/C42H59NO17/c1-19-32(43-20(2)44)36(59-41-35(52)34(51)37(55-4)38(60-41)40(53)54)33(50)29(57-19)18-56-30(48)7-5-6-22(45)10-13-31(49)58-39-28(47)17-27-26-11-8-21-16-23(46)9-12-24(21)25(26)14-15-42(27,39)3/h9,12,16,19,25-29,32-39,41,46-47,50-52H,5-8,10-11,13-15,17-18H2,1-4H3,(H,43,44)(H,53,54)/t19?,25-,26-,27+,28-,29?,32?,33?,34?,35?,36?,37?,38?,39+,41?,42+/m1/s1. The number of carboxylic acids is 1. The Hall–Kier alpha value is -3.75. The number of hydrogen-bond donors (Lipinski definition) is 7. The first-order valence-electron chi connectivity index (χ1n) is 20.8. The minimum atomic E-state index is -1.81. The number of phenolic OH excluding ortho intramolecular Hbond substituents is 1. The molecule has 0 aromatic heterocycles. The molecule has 2 heterocycles. The molecule has 334 valence electrons. The predicted octanol–water partition coefficient (Wildman–Crippen LogP) is 0.778. The van der Waals surface area contributed by atoms with E-state index in [1.165, 1.54) is 18.1 Å². The third-order valence-corrected chi connectivity index (χ3v) is 13.4. The Labute approximate surface area is 347 Å².